The number of nitrogens with one attached hydrogen (secondary N) is 2. The highest BCUT2D eigenvalue weighted by Crippen LogP contribution is 2.32. The number of carboxylic acid groups (broad SMARTS) is 1. The molecule has 8 heteroatoms. The second kappa shape index (κ2) is 16.1. The van der Waals surface area contributed by atoms with Crippen molar-refractivity contribution in [3.8, 4) is 11.1 Å². The Hall–Kier alpha value is -4.40. The van der Waals surface area contributed by atoms with Gasteiger partial charge in [0, 0.05) is 23.2 Å². The number of amides is 1. The molecule has 0 spiro atoms. The fourth-order valence-electron chi connectivity index (χ4n) is 5.54. The van der Waals surface area contributed by atoms with Crippen molar-refractivity contribution < 1.29 is 24.6 Å². The molecule has 0 aliphatic rings. The summed E-state index contributed by atoms with van der Waals surface area (Å²) in [4.78, 5) is 37.5. The number of thioether (sulfide) groups is 1. The van der Waals surface area contributed by atoms with Crippen LogP contribution in [-0.4, -0.2) is 59.1 Å². The van der Waals surface area contributed by atoms with E-state index in [1.54, 1.807) is 12.1 Å². The van der Waals surface area contributed by atoms with Crippen LogP contribution in [0.3, 0.4) is 0 Å². The first-order valence-corrected chi connectivity index (χ1v) is 16.3. The van der Waals surface area contributed by atoms with Crippen molar-refractivity contribution in [3.05, 3.63) is 125 Å². The van der Waals surface area contributed by atoms with Gasteiger partial charge in [-0.25, -0.2) is 4.79 Å². The van der Waals surface area contributed by atoms with Crippen molar-refractivity contribution in [3.63, 3.8) is 0 Å². The number of benzene rings is 4. The molecule has 1 atom stereocenters. The predicted octanol–water partition coefficient (Wildman–Crippen LogP) is 6.04. The quantitative estimate of drug-likeness (QED) is 0.112. The summed E-state index contributed by atoms with van der Waals surface area (Å²) < 4.78 is 0. The number of Topliss-reactive ketones (excluding diaryl/α,β-unsaturated/α-hetero) is 1. The molecule has 0 heterocycles. The van der Waals surface area contributed by atoms with E-state index in [9.17, 15) is 24.6 Å². The largest absolute Gasteiger partial charge is 0.475 e. The fraction of sp³-hybridized carbons (Fsp3) is 0.270. The molecule has 4 aromatic rings. The number of aliphatic hydroxyl groups excluding tert-OH is 1. The molecule has 4 rings (SSSR count). The summed E-state index contributed by atoms with van der Waals surface area (Å²) in [5.74, 6) is -2.60. The molecule has 7 nitrogen and oxygen atoms in total. The standard InChI is InChI=1S/C37H40N2O5S/c1-26-11-9-10-16-30(26)32-21-29(17-18-31(32)35(42)39-33(19-20-45-2)34(41)36(43)44)38-24-37(25-40,22-27-12-5-3-6-13-27)23-28-14-7-4-8-15-28/h3-18,21,33,38,40H,19-20,22-25H2,1-2H3,(H,39,42)(H,43,44)/t33-/m0/s1. The van der Waals surface area contributed by atoms with Crippen molar-refractivity contribution in [1.82, 2.24) is 5.32 Å². The molecule has 0 bridgehead atoms. The van der Waals surface area contributed by atoms with E-state index in [2.05, 4.69) is 34.9 Å². The zero-order chi connectivity index (χ0) is 32.2. The van der Waals surface area contributed by atoms with Crippen LogP contribution in [0.1, 0.15) is 33.5 Å². The Kier molecular flexibility index (Phi) is 12.0. The van der Waals surface area contributed by atoms with Gasteiger partial charge in [0.25, 0.3) is 11.7 Å². The molecular weight excluding hydrogens is 584 g/mol. The summed E-state index contributed by atoms with van der Waals surface area (Å²) in [6, 6.07) is 32.2. The van der Waals surface area contributed by atoms with Gasteiger partial charge < -0.3 is 20.8 Å². The van der Waals surface area contributed by atoms with Crippen molar-refractivity contribution >= 4 is 35.1 Å². The molecule has 1 amide bonds. The van der Waals surface area contributed by atoms with E-state index in [1.807, 2.05) is 79.9 Å². The van der Waals surface area contributed by atoms with E-state index in [-0.39, 0.29) is 13.0 Å². The number of anilines is 1. The Morgan fingerprint density at radius 1 is 0.822 bits per heavy atom. The van der Waals surface area contributed by atoms with Gasteiger partial charge in [-0.3, -0.25) is 9.59 Å². The lowest BCUT2D eigenvalue weighted by Crippen LogP contribution is -2.44. The lowest BCUT2D eigenvalue weighted by Gasteiger charge is -2.33. The van der Waals surface area contributed by atoms with Gasteiger partial charge in [-0.05, 0) is 84.2 Å². The second-order valence-corrected chi connectivity index (χ2v) is 12.4. The minimum atomic E-state index is -1.57. The summed E-state index contributed by atoms with van der Waals surface area (Å²) in [6.07, 6.45) is 3.39. The summed E-state index contributed by atoms with van der Waals surface area (Å²) in [5.41, 5.74) is 5.31. The summed E-state index contributed by atoms with van der Waals surface area (Å²) in [7, 11) is 0. The fourth-order valence-corrected chi connectivity index (χ4v) is 6.01. The Labute approximate surface area is 269 Å². The first kappa shape index (κ1) is 33.5. The molecule has 4 N–H and O–H groups in total. The van der Waals surface area contributed by atoms with Crippen molar-refractivity contribution in [1.29, 1.82) is 0 Å². The maximum atomic E-state index is 13.6. The van der Waals surface area contributed by atoms with E-state index in [4.69, 9.17) is 0 Å². The molecule has 0 radical (unpaired) electrons. The molecule has 0 aliphatic heterocycles. The van der Waals surface area contributed by atoms with E-state index < -0.39 is 29.1 Å². The van der Waals surface area contributed by atoms with Crippen LogP contribution >= 0.6 is 11.8 Å². The Balaban J connectivity index is 1.67. The number of carbonyl (C=O) groups is 3. The van der Waals surface area contributed by atoms with Crippen LogP contribution in [-0.2, 0) is 22.4 Å². The van der Waals surface area contributed by atoms with E-state index in [1.165, 1.54) is 11.8 Å². The van der Waals surface area contributed by atoms with Crippen LogP contribution in [0.5, 0.6) is 0 Å². The molecular formula is C37H40N2O5S. The Bertz CT molecular complexity index is 1550. The minimum Gasteiger partial charge on any atom is -0.475 e. The SMILES string of the molecule is CSCC[C@H](NC(=O)c1ccc(NCC(CO)(Cc2ccccc2)Cc2ccccc2)cc1-c1ccccc1C)C(=O)C(=O)O. The zero-order valence-corrected chi connectivity index (χ0v) is 26.5. The average molecular weight is 625 g/mol. The van der Waals surface area contributed by atoms with Gasteiger partial charge in [-0.1, -0.05) is 84.9 Å². The van der Waals surface area contributed by atoms with Gasteiger partial charge in [0.1, 0.15) is 6.04 Å². The zero-order valence-electron chi connectivity index (χ0n) is 25.7. The lowest BCUT2D eigenvalue weighted by molar-refractivity contribution is -0.150. The number of rotatable bonds is 16. The monoisotopic (exact) mass is 624 g/mol. The predicted molar refractivity (Wildman–Crippen MR) is 182 cm³/mol. The lowest BCUT2D eigenvalue weighted by atomic mass is 9.77. The number of hydrogen-bond donors (Lipinski definition) is 4. The van der Waals surface area contributed by atoms with Gasteiger partial charge in [0.15, 0.2) is 0 Å². The first-order valence-electron chi connectivity index (χ1n) is 14.9. The summed E-state index contributed by atoms with van der Waals surface area (Å²) >= 11 is 1.47. The van der Waals surface area contributed by atoms with Crippen LogP contribution in [0.25, 0.3) is 11.1 Å². The molecule has 234 valence electrons. The highest BCUT2D eigenvalue weighted by Gasteiger charge is 2.31. The summed E-state index contributed by atoms with van der Waals surface area (Å²) in [6.45, 7) is 2.39. The molecule has 0 saturated heterocycles. The van der Waals surface area contributed by atoms with Gasteiger partial charge in [0.2, 0.25) is 0 Å². The summed E-state index contributed by atoms with van der Waals surface area (Å²) in [5, 5.41) is 26.4. The van der Waals surface area contributed by atoms with Crippen LogP contribution < -0.4 is 10.6 Å². The first-order chi connectivity index (χ1) is 21.7. The van der Waals surface area contributed by atoms with Gasteiger partial charge in [-0.2, -0.15) is 11.8 Å². The smallest absolute Gasteiger partial charge is 0.374 e. The highest BCUT2D eigenvalue weighted by molar-refractivity contribution is 7.98. The van der Waals surface area contributed by atoms with Crippen molar-refractivity contribution in [2.24, 2.45) is 5.41 Å². The number of carbonyl (C=O) groups excluding carboxylic acids is 2. The van der Waals surface area contributed by atoms with E-state index in [0.717, 1.165) is 27.9 Å². The molecule has 0 fully saturated rings. The maximum Gasteiger partial charge on any atom is 0.374 e. The van der Waals surface area contributed by atoms with Crippen LogP contribution in [0.4, 0.5) is 5.69 Å². The Morgan fingerprint density at radius 2 is 1.42 bits per heavy atom. The van der Waals surface area contributed by atoms with E-state index >= 15 is 0 Å². The number of aliphatic carboxylic acids is 1. The van der Waals surface area contributed by atoms with Crippen molar-refractivity contribution in [2.45, 2.75) is 32.2 Å². The molecule has 0 aliphatic carbocycles. The van der Waals surface area contributed by atoms with Crippen LogP contribution in [0, 0.1) is 12.3 Å². The number of aryl methyl sites for hydroxylation is 1. The van der Waals surface area contributed by atoms with E-state index in [0.29, 0.717) is 36.3 Å². The van der Waals surface area contributed by atoms with Crippen molar-refractivity contribution in [2.75, 3.05) is 30.5 Å². The van der Waals surface area contributed by atoms with Crippen LogP contribution in [0.2, 0.25) is 0 Å². The molecule has 45 heavy (non-hydrogen) atoms. The Morgan fingerprint density at radius 3 is 1.98 bits per heavy atom. The molecule has 0 aromatic heterocycles. The topological polar surface area (TPSA) is 116 Å². The number of aliphatic hydroxyl groups is 1. The minimum absolute atomic E-state index is 0.0377. The third-order valence-electron chi connectivity index (χ3n) is 7.99. The third-order valence-corrected chi connectivity index (χ3v) is 8.63. The molecule has 4 aromatic carbocycles. The van der Waals surface area contributed by atoms with Gasteiger partial charge >= 0.3 is 5.97 Å². The van der Waals surface area contributed by atoms with Gasteiger partial charge in [-0.15, -0.1) is 0 Å². The molecule has 0 saturated carbocycles. The van der Waals surface area contributed by atoms with Gasteiger partial charge in [0.05, 0.1) is 6.61 Å². The van der Waals surface area contributed by atoms with Crippen LogP contribution in [0.15, 0.2) is 103 Å². The molecule has 0 unspecified atom stereocenters. The average Bonchev–Trinajstić information content (AvgIpc) is 3.06. The number of carboxylic acids is 1. The highest BCUT2D eigenvalue weighted by atomic mass is 32.2. The maximum absolute atomic E-state index is 13.6. The normalized spacial score (nSPS) is 11.9. The number of hydrogen-bond acceptors (Lipinski definition) is 6. The third kappa shape index (κ3) is 9.06. The number of ketones is 1. The second-order valence-electron chi connectivity index (χ2n) is 11.4.